The van der Waals surface area contributed by atoms with Crippen LogP contribution in [0, 0.1) is 10.1 Å². The van der Waals surface area contributed by atoms with Crippen LogP contribution in [0.1, 0.15) is 20.7 Å². The van der Waals surface area contributed by atoms with Crippen molar-refractivity contribution in [2.45, 2.75) is 4.90 Å². The molecule has 0 bridgehead atoms. The second-order valence-electron chi connectivity index (χ2n) is 5.31. The van der Waals surface area contributed by atoms with E-state index >= 15 is 0 Å². The number of hydrazine groups is 1. The summed E-state index contributed by atoms with van der Waals surface area (Å²) in [7, 11) is -3.82. The standard InChI is InChI=1S/C15H12ClN3O7S/c1-27(25,26)11-5-8(4-10(7-11)19(23)24)14(21)17-18-15(22)12-6-9(16)2-3-13(12)20/h2-7,20H,1H3,(H,17,21)(H,18,22). The molecule has 142 valence electrons. The quantitative estimate of drug-likeness (QED) is 0.505. The minimum absolute atomic E-state index is 0.167. The van der Waals surface area contributed by atoms with Crippen LogP contribution in [0.3, 0.4) is 0 Å². The smallest absolute Gasteiger partial charge is 0.273 e. The van der Waals surface area contributed by atoms with E-state index in [0.717, 1.165) is 30.5 Å². The first kappa shape index (κ1) is 20.1. The Kier molecular flexibility index (Phi) is 5.66. The summed E-state index contributed by atoms with van der Waals surface area (Å²) in [6.07, 6.45) is 0.831. The summed E-state index contributed by atoms with van der Waals surface area (Å²) in [5.41, 5.74) is 2.78. The Labute approximate surface area is 157 Å². The molecule has 0 aliphatic rings. The lowest BCUT2D eigenvalue weighted by Crippen LogP contribution is -2.41. The van der Waals surface area contributed by atoms with Crippen LogP contribution in [0.25, 0.3) is 0 Å². The van der Waals surface area contributed by atoms with E-state index in [1.807, 2.05) is 10.9 Å². The molecule has 27 heavy (non-hydrogen) atoms. The highest BCUT2D eigenvalue weighted by molar-refractivity contribution is 7.90. The molecule has 0 aliphatic carbocycles. The van der Waals surface area contributed by atoms with Crippen LogP contribution in [0.5, 0.6) is 5.75 Å². The zero-order chi connectivity index (χ0) is 20.4. The van der Waals surface area contributed by atoms with Crippen LogP contribution >= 0.6 is 11.6 Å². The molecule has 0 radical (unpaired) electrons. The van der Waals surface area contributed by atoms with Gasteiger partial charge in [0.1, 0.15) is 5.75 Å². The number of non-ortho nitro benzene ring substituents is 1. The van der Waals surface area contributed by atoms with Crippen molar-refractivity contribution >= 4 is 38.9 Å². The Morgan fingerprint density at radius 2 is 1.74 bits per heavy atom. The number of nitrogens with one attached hydrogen (secondary N) is 2. The molecule has 10 nitrogen and oxygen atoms in total. The van der Waals surface area contributed by atoms with Crippen LogP contribution in [-0.2, 0) is 9.84 Å². The number of phenols is 1. The number of rotatable bonds is 4. The van der Waals surface area contributed by atoms with Gasteiger partial charge in [-0.05, 0) is 24.3 Å². The van der Waals surface area contributed by atoms with E-state index in [1.165, 1.54) is 12.1 Å². The van der Waals surface area contributed by atoms with Gasteiger partial charge in [-0.1, -0.05) is 11.6 Å². The molecule has 0 unspecified atom stereocenters. The number of benzene rings is 2. The maximum Gasteiger partial charge on any atom is 0.273 e. The molecule has 2 rings (SSSR count). The van der Waals surface area contributed by atoms with Crippen LogP contribution in [0.15, 0.2) is 41.3 Å². The fourth-order valence-corrected chi connectivity index (χ4v) is 2.83. The number of hydrogen-bond acceptors (Lipinski definition) is 7. The number of hydrogen-bond donors (Lipinski definition) is 3. The van der Waals surface area contributed by atoms with Gasteiger partial charge < -0.3 is 5.11 Å². The van der Waals surface area contributed by atoms with Crippen molar-refractivity contribution in [1.29, 1.82) is 0 Å². The van der Waals surface area contributed by atoms with Crippen molar-refractivity contribution in [3.63, 3.8) is 0 Å². The second-order valence-corrected chi connectivity index (χ2v) is 7.77. The zero-order valence-corrected chi connectivity index (χ0v) is 15.2. The van der Waals surface area contributed by atoms with Crippen molar-refractivity contribution < 1.29 is 28.0 Å². The summed E-state index contributed by atoms with van der Waals surface area (Å²) in [5.74, 6) is -2.29. The topological polar surface area (TPSA) is 156 Å². The number of nitro groups is 1. The third kappa shape index (κ3) is 4.92. The van der Waals surface area contributed by atoms with Gasteiger partial charge in [-0.3, -0.25) is 30.6 Å². The molecule has 0 atom stereocenters. The first-order valence-corrected chi connectivity index (χ1v) is 9.34. The predicted molar refractivity (Wildman–Crippen MR) is 94.3 cm³/mol. The van der Waals surface area contributed by atoms with Gasteiger partial charge in [-0.15, -0.1) is 0 Å². The molecule has 0 aliphatic heterocycles. The molecule has 2 aromatic carbocycles. The fourth-order valence-electron chi connectivity index (χ4n) is 1.98. The van der Waals surface area contributed by atoms with E-state index < -0.39 is 37.2 Å². The van der Waals surface area contributed by atoms with E-state index in [-0.39, 0.29) is 21.9 Å². The molecule has 0 saturated heterocycles. The first-order chi connectivity index (χ1) is 12.5. The third-order valence-corrected chi connectivity index (χ3v) is 4.61. The molecular formula is C15H12ClN3O7S. The largest absolute Gasteiger partial charge is 0.507 e. The number of sulfone groups is 1. The Morgan fingerprint density at radius 3 is 2.33 bits per heavy atom. The molecule has 3 N–H and O–H groups in total. The highest BCUT2D eigenvalue weighted by Gasteiger charge is 2.20. The van der Waals surface area contributed by atoms with Crippen LogP contribution in [0.2, 0.25) is 5.02 Å². The average molecular weight is 414 g/mol. The van der Waals surface area contributed by atoms with E-state index in [0.29, 0.717) is 0 Å². The second kappa shape index (κ2) is 7.60. The van der Waals surface area contributed by atoms with Gasteiger partial charge in [-0.25, -0.2) is 8.42 Å². The molecule has 0 heterocycles. The molecule has 0 saturated carbocycles. The fraction of sp³-hybridized carbons (Fsp3) is 0.0667. The Morgan fingerprint density at radius 1 is 1.11 bits per heavy atom. The molecule has 2 amide bonds. The molecule has 2 aromatic rings. The summed E-state index contributed by atoms with van der Waals surface area (Å²) >= 11 is 5.73. The SMILES string of the molecule is CS(=O)(=O)c1cc(C(=O)NNC(=O)c2cc(Cl)ccc2O)cc([N+](=O)[O-])c1. The van der Waals surface area contributed by atoms with E-state index in [4.69, 9.17) is 11.6 Å². The number of carbonyl (C=O) groups excluding carboxylic acids is 2. The van der Waals surface area contributed by atoms with E-state index in [1.54, 1.807) is 0 Å². The van der Waals surface area contributed by atoms with Crippen LogP contribution in [0.4, 0.5) is 5.69 Å². The van der Waals surface area contributed by atoms with Gasteiger partial charge in [0, 0.05) is 29.0 Å². The normalized spacial score (nSPS) is 10.9. The summed E-state index contributed by atoms with van der Waals surface area (Å²) in [4.78, 5) is 33.8. The van der Waals surface area contributed by atoms with Gasteiger partial charge in [-0.2, -0.15) is 0 Å². The number of phenolic OH excluding ortho intramolecular Hbond substituents is 1. The molecular weight excluding hydrogens is 402 g/mol. The van der Waals surface area contributed by atoms with E-state index in [2.05, 4.69) is 0 Å². The van der Waals surface area contributed by atoms with Gasteiger partial charge >= 0.3 is 0 Å². The van der Waals surface area contributed by atoms with Crippen LogP contribution < -0.4 is 10.9 Å². The first-order valence-electron chi connectivity index (χ1n) is 7.08. The minimum Gasteiger partial charge on any atom is -0.507 e. The number of amides is 2. The molecule has 12 heteroatoms. The lowest BCUT2D eigenvalue weighted by molar-refractivity contribution is -0.385. The van der Waals surface area contributed by atoms with Crippen molar-refractivity contribution in [3.8, 4) is 5.75 Å². The molecule has 0 spiro atoms. The minimum atomic E-state index is -3.82. The zero-order valence-electron chi connectivity index (χ0n) is 13.6. The monoisotopic (exact) mass is 413 g/mol. The van der Waals surface area contributed by atoms with Gasteiger partial charge in [0.2, 0.25) is 0 Å². The van der Waals surface area contributed by atoms with Gasteiger partial charge in [0.05, 0.1) is 15.4 Å². The number of halogens is 1. The van der Waals surface area contributed by atoms with Crippen molar-refractivity contribution in [2.24, 2.45) is 0 Å². The van der Waals surface area contributed by atoms with E-state index in [9.17, 15) is 33.2 Å². The lowest BCUT2D eigenvalue weighted by Gasteiger charge is -2.09. The third-order valence-electron chi connectivity index (χ3n) is 3.29. The average Bonchev–Trinajstić information content (AvgIpc) is 2.60. The molecule has 0 fully saturated rings. The maximum atomic E-state index is 12.2. The molecule has 0 aromatic heterocycles. The number of aromatic hydroxyl groups is 1. The highest BCUT2D eigenvalue weighted by Crippen LogP contribution is 2.22. The van der Waals surface area contributed by atoms with Crippen LogP contribution in [-0.4, -0.2) is 36.5 Å². The Bertz CT molecular complexity index is 1050. The number of carbonyl (C=O) groups is 2. The lowest BCUT2D eigenvalue weighted by atomic mass is 10.2. The van der Waals surface area contributed by atoms with Gasteiger partial charge in [0.15, 0.2) is 9.84 Å². The summed E-state index contributed by atoms with van der Waals surface area (Å²) in [6, 6.07) is 6.29. The van der Waals surface area contributed by atoms with Gasteiger partial charge in [0.25, 0.3) is 17.5 Å². The Hall–Kier alpha value is -3.18. The Balaban J connectivity index is 2.25. The summed E-state index contributed by atoms with van der Waals surface area (Å²) in [5, 5.41) is 20.7. The summed E-state index contributed by atoms with van der Waals surface area (Å²) < 4.78 is 23.3. The maximum absolute atomic E-state index is 12.2. The predicted octanol–water partition coefficient (Wildman–Crippen LogP) is 1.43. The van der Waals surface area contributed by atoms with Crippen molar-refractivity contribution in [3.05, 3.63) is 62.7 Å². The number of nitrogens with zero attached hydrogens (tertiary/aromatic N) is 1. The number of nitro benzene ring substituents is 1. The highest BCUT2D eigenvalue weighted by atomic mass is 35.5. The van der Waals surface area contributed by atoms with Crippen molar-refractivity contribution in [1.82, 2.24) is 10.9 Å². The van der Waals surface area contributed by atoms with Crippen molar-refractivity contribution in [2.75, 3.05) is 6.26 Å². The summed E-state index contributed by atoms with van der Waals surface area (Å²) in [6.45, 7) is 0.